The highest BCUT2D eigenvalue weighted by molar-refractivity contribution is 6.31. The molecule has 0 aliphatic carbocycles. The number of halogens is 1. The van der Waals surface area contributed by atoms with Crippen LogP contribution in [0.1, 0.15) is 18.8 Å². The Labute approximate surface area is 92.3 Å². The van der Waals surface area contributed by atoms with Crippen molar-refractivity contribution >= 4 is 28.3 Å². The van der Waals surface area contributed by atoms with Gasteiger partial charge in [-0.1, -0.05) is 11.6 Å². The maximum Gasteiger partial charge on any atom is 0.147 e. The van der Waals surface area contributed by atoms with Crippen LogP contribution in [-0.4, -0.2) is 9.97 Å². The molecular weight excluding hydrogens is 212 g/mol. The standard InChI is InChI=1S/C10H11ClN4/c1-5(12)10-14-8-3-2-6(11)4-7(8)9(13)15-10/h2-5H,12H2,1H3,(H2,13,14,15). The predicted molar refractivity (Wildman–Crippen MR) is 61.6 cm³/mol. The van der Waals surface area contributed by atoms with Crippen LogP contribution in [0, 0.1) is 0 Å². The molecule has 78 valence electrons. The van der Waals surface area contributed by atoms with Crippen LogP contribution in [0.3, 0.4) is 0 Å². The molecule has 2 rings (SSSR count). The molecule has 1 atom stereocenters. The molecule has 15 heavy (non-hydrogen) atoms. The molecule has 1 aromatic carbocycles. The summed E-state index contributed by atoms with van der Waals surface area (Å²) in [5.74, 6) is 0.956. The van der Waals surface area contributed by atoms with Gasteiger partial charge in [-0.25, -0.2) is 9.97 Å². The summed E-state index contributed by atoms with van der Waals surface area (Å²) in [7, 11) is 0. The van der Waals surface area contributed by atoms with Crippen molar-refractivity contribution in [1.82, 2.24) is 9.97 Å². The first kappa shape index (κ1) is 10.1. The van der Waals surface area contributed by atoms with Gasteiger partial charge in [0.05, 0.1) is 11.6 Å². The van der Waals surface area contributed by atoms with Gasteiger partial charge in [-0.3, -0.25) is 0 Å². The number of nitrogen functional groups attached to an aromatic ring is 1. The molecule has 0 aliphatic heterocycles. The quantitative estimate of drug-likeness (QED) is 0.773. The Kier molecular flexibility index (Phi) is 2.46. The summed E-state index contributed by atoms with van der Waals surface area (Å²) in [6.07, 6.45) is 0. The third kappa shape index (κ3) is 1.86. The van der Waals surface area contributed by atoms with Crippen molar-refractivity contribution in [2.75, 3.05) is 5.73 Å². The van der Waals surface area contributed by atoms with Crippen molar-refractivity contribution < 1.29 is 0 Å². The van der Waals surface area contributed by atoms with E-state index in [4.69, 9.17) is 23.1 Å². The molecular formula is C10H11ClN4. The fourth-order valence-corrected chi connectivity index (χ4v) is 1.52. The van der Waals surface area contributed by atoms with Crippen molar-refractivity contribution in [3.63, 3.8) is 0 Å². The van der Waals surface area contributed by atoms with Gasteiger partial charge in [-0.2, -0.15) is 0 Å². The van der Waals surface area contributed by atoms with Crippen LogP contribution in [0.5, 0.6) is 0 Å². The number of anilines is 1. The van der Waals surface area contributed by atoms with E-state index in [1.807, 2.05) is 13.0 Å². The lowest BCUT2D eigenvalue weighted by atomic mass is 10.2. The summed E-state index contributed by atoms with van der Waals surface area (Å²) in [5.41, 5.74) is 12.3. The molecule has 0 radical (unpaired) electrons. The minimum absolute atomic E-state index is 0.229. The van der Waals surface area contributed by atoms with E-state index in [1.165, 1.54) is 0 Å². The van der Waals surface area contributed by atoms with Crippen molar-refractivity contribution in [2.24, 2.45) is 5.73 Å². The third-order valence-corrected chi connectivity index (χ3v) is 2.35. The van der Waals surface area contributed by atoms with Crippen LogP contribution in [-0.2, 0) is 0 Å². The van der Waals surface area contributed by atoms with E-state index >= 15 is 0 Å². The highest BCUT2D eigenvalue weighted by atomic mass is 35.5. The maximum absolute atomic E-state index is 5.86. The zero-order chi connectivity index (χ0) is 11.0. The van der Waals surface area contributed by atoms with Gasteiger partial charge in [-0.05, 0) is 25.1 Å². The summed E-state index contributed by atoms with van der Waals surface area (Å²) in [5, 5.41) is 1.37. The van der Waals surface area contributed by atoms with Gasteiger partial charge in [0.15, 0.2) is 0 Å². The minimum atomic E-state index is -0.229. The van der Waals surface area contributed by atoms with Crippen molar-refractivity contribution in [3.05, 3.63) is 29.0 Å². The van der Waals surface area contributed by atoms with Crippen LogP contribution >= 0.6 is 11.6 Å². The average molecular weight is 223 g/mol. The summed E-state index contributed by atoms with van der Waals surface area (Å²) < 4.78 is 0. The summed E-state index contributed by atoms with van der Waals surface area (Å²) >= 11 is 5.86. The minimum Gasteiger partial charge on any atom is -0.383 e. The normalized spacial score (nSPS) is 13.0. The molecule has 0 saturated carbocycles. The van der Waals surface area contributed by atoms with Gasteiger partial charge in [0.2, 0.25) is 0 Å². The number of hydrogen-bond donors (Lipinski definition) is 2. The molecule has 1 unspecified atom stereocenters. The van der Waals surface area contributed by atoms with Gasteiger partial charge < -0.3 is 11.5 Å². The third-order valence-electron chi connectivity index (χ3n) is 2.11. The van der Waals surface area contributed by atoms with Crippen LogP contribution in [0.25, 0.3) is 10.9 Å². The molecule has 1 heterocycles. The first-order valence-electron chi connectivity index (χ1n) is 4.56. The lowest BCUT2D eigenvalue weighted by Crippen LogP contribution is -2.11. The van der Waals surface area contributed by atoms with Gasteiger partial charge in [0.1, 0.15) is 11.6 Å². The fraction of sp³-hybridized carbons (Fsp3) is 0.200. The first-order valence-corrected chi connectivity index (χ1v) is 4.94. The Morgan fingerprint density at radius 1 is 1.33 bits per heavy atom. The second-order valence-electron chi connectivity index (χ2n) is 3.42. The molecule has 0 amide bonds. The molecule has 5 heteroatoms. The topological polar surface area (TPSA) is 77.8 Å². The van der Waals surface area contributed by atoms with E-state index in [0.29, 0.717) is 16.7 Å². The average Bonchev–Trinajstić information content (AvgIpc) is 2.18. The maximum atomic E-state index is 5.86. The molecule has 1 aromatic heterocycles. The predicted octanol–water partition coefficient (Wildman–Crippen LogP) is 1.89. The van der Waals surface area contributed by atoms with Crippen molar-refractivity contribution in [1.29, 1.82) is 0 Å². The molecule has 0 aliphatic rings. The molecule has 0 bridgehead atoms. The number of rotatable bonds is 1. The lowest BCUT2D eigenvalue weighted by Gasteiger charge is -2.07. The Morgan fingerprint density at radius 3 is 2.73 bits per heavy atom. The van der Waals surface area contributed by atoms with Crippen molar-refractivity contribution in [2.45, 2.75) is 13.0 Å². The van der Waals surface area contributed by atoms with Gasteiger partial charge in [0.25, 0.3) is 0 Å². The SMILES string of the molecule is CC(N)c1nc(N)c2cc(Cl)ccc2n1. The van der Waals surface area contributed by atoms with Crippen LogP contribution in [0.15, 0.2) is 18.2 Å². The van der Waals surface area contributed by atoms with Crippen LogP contribution < -0.4 is 11.5 Å². The Balaban J connectivity index is 2.73. The van der Waals surface area contributed by atoms with Gasteiger partial charge in [0, 0.05) is 10.4 Å². The number of nitrogens with two attached hydrogens (primary N) is 2. The van der Waals surface area contributed by atoms with E-state index in [0.717, 1.165) is 10.9 Å². The smallest absolute Gasteiger partial charge is 0.147 e. The first-order chi connectivity index (χ1) is 7.08. The molecule has 0 spiro atoms. The second-order valence-corrected chi connectivity index (χ2v) is 3.85. The molecule has 4 nitrogen and oxygen atoms in total. The number of hydrogen-bond acceptors (Lipinski definition) is 4. The largest absolute Gasteiger partial charge is 0.383 e. The number of fused-ring (bicyclic) bond motifs is 1. The zero-order valence-corrected chi connectivity index (χ0v) is 8.99. The summed E-state index contributed by atoms with van der Waals surface area (Å²) in [4.78, 5) is 8.43. The van der Waals surface area contributed by atoms with Crippen molar-refractivity contribution in [3.8, 4) is 0 Å². The lowest BCUT2D eigenvalue weighted by molar-refractivity contribution is 0.748. The van der Waals surface area contributed by atoms with E-state index in [9.17, 15) is 0 Å². The van der Waals surface area contributed by atoms with Gasteiger partial charge >= 0.3 is 0 Å². The van der Waals surface area contributed by atoms with E-state index in [1.54, 1.807) is 12.1 Å². The number of aromatic nitrogens is 2. The zero-order valence-electron chi connectivity index (χ0n) is 8.24. The molecule has 0 saturated heterocycles. The molecule has 0 fully saturated rings. The van der Waals surface area contributed by atoms with Crippen LogP contribution in [0.2, 0.25) is 5.02 Å². The highest BCUT2D eigenvalue weighted by Crippen LogP contribution is 2.22. The monoisotopic (exact) mass is 222 g/mol. The Morgan fingerprint density at radius 2 is 2.07 bits per heavy atom. The summed E-state index contributed by atoms with van der Waals surface area (Å²) in [6.45, 7) is 1.82. The van der Waals surface area contributed by atoms with E-state index < -0.39 is 0 Å². The molecule has 4 N–H and O–H groups in total. The Hall–Kier alpha value is -1.39. The van der Waals surface area contributed by atoms with E-state index in [2.05, 4.69) is 9.97 Å². The summed E-state index contributed by atoms with van der Waals surface area (Å²) in [6, 6.07) is 5.09. The highest BCUT2D eigenvalue weighted by Gasteiger charge is 2.08. The fourth-order valence-electron chi connectivity index (χ4n) is 1.35. The number of nitrogens with zero attached hydrogens (tertiary/aromatic N) is 2. The van der Waals surface area contributed by atoms with E-state index in [-0.39, 0.29) is 6.04 Å². The molecule has 2 aromatic rings. The number of benzene rings is 1. The second kappa shape index (κ2) is 3.64. The van der Waals surface area contributed by atoms with Crippen LogP contribution in [0.4, 0.5) is 5.82 Å². The Bertz CT molecular complexity index is 510. The van der Waals surface area contributed by atoms with Gasteiger partial charge in [-0.15, -0.1) is 0 Å².